The first-order chi connectivity index (χ1) is 6.29. The monoisotopic (exact) mass is 180 g/mol. The standard InChI is InChI=1S/C12H20O/c1-9(13)11-8-4-6-10-5-2-3-7-12(10)11/h7,9-11,13H,2-6,8H2,1H3. The summed E-state index contributed by atoms with van der Waals surface area (Å²) >= 11 is 0. The van der Waals surface area contributed by atoms with Crippen LogP contribution in [0.3, 0.4) is 0 Å². The van der Waals surface area contributed by atoms with Crippen molar-refractivity contribution in [2.24, 2.45) is 11.8 Å². The van der Waals surface area contributed by atoms with Gasteiger partial charge in [-0.3, -0.25) is 0 Å². The SMILES string of the molecule is CC(O)C1CCCC2CCCC=C21. The van der Waals surface area contributed by atoms with E-state index < -0.39 is 0 Å². The fourth-order valence-corrected chi connectivity index (χ4v) is 3.00. The van der Waals surface area contributed by atoms with Gasteiger partial charge in [-0.05, 0) is 44.9 Å². The molecule has 2 aliphatic rings. The fraction of sp³-hybridized carbons (Fsp3) is 0.833. The van der Waals surface area contributed by atoms with E-state index in [1.54, 1.807) is 5.57 Å². The molecule has 74 valence electrons. The van der Waals surface area contributed by atoms with E-state index in [9.17, 15) is 5.11 Å². The maximum absolute atomic E-state index is 9.68. The van der Waals surface area contributed by atoms with Gasteiger partial charge in [0.25, 0.3) is 0 Å². The van der Waals surface area contributed by atoms with Crippen LogP contribution in [0.4, 0.5) is 0 Å². The van der Waals surface area contributed by atoms with Crippen molar-refractivity contribution in [2.45, 2.75) is 51.6 Å². The van der Waals surface area contributed by atoms with Crippen LogP contribution in [0, 0.1) is 11.8 Å². The molecule has 0 spiro atoms. The van der Waals surface area contributed by atoms with E-state index in [-0.39, 0.29) is 6.10 Å². The molecular weight excluding hydrogens is 160 g/mol. The summed E-state index contributed by atoms with van der Waals surface area (Å²) in [4.78, 5) is 0. The van der Waals surface area contributed by atoms with Crippen LogP contribution in [-0.2, 0) is 0 Å². The third kappa shape index (κ3) is 1.80. The summed E-state index contributed by atoms with van der Waals surface area (Å²) in [5.41, 5.74) is 1.59. The van der Waals surface area contributed by atoms with Crippen molar-refractivity contribution < 1.29 is 5.11 Å². The van der Waals surface area contributed by atoms with Crippen LogP contribution >= 0.6 is 0 Å². The van der Waals surface area contributed by atoms with E-state index >= 15 is 0 Å². The van der Waals surface area contributed by atoms with Gasteiger partial charge in [0.2, 0.25) is 0 Å². The first-order valence-corrected chi connectivity index (χ1v) is 5.67. The van der Waals surface area contributed by atoms with Crippen LogP contribution in [0.2, 0.25) is 0 Å². The molecule has 0 radical (unpaired) electrons. The Bertz CT molecular complexity index is 205. The van der Waals surface area contributed by atoms with Crippen molar-refractivity contribution in [3.8, 4) is 0 Å². The second-order valence-corrected chi connectivity index (χ2v) is 4.61. The Kier molecular flexibility index (Phi) is 2.73. The van der Waals surface area contributed by atoms with Gasteiger partial charge in [-0.1, -0.05) is 18.1 Å². The number of hydrogen-bond donors (Lipinski definition) is 1. The number of allylic oxidation sites excluding steroid dienone is 1. The Morgan fingerprint density at radius 3 is 2.85 bits per heavy atom. The van der Waals surface area contributed by atoms with Crippen molar-refractivity contribution in [1.82, 2.24) is 0 Å². The molecule has 0 aliphatic heterocycles. The highest BCUT2D eigenvalue weighted by Crippen LogP contribution is 2.41. The molecule has 1 N–H and O–H groups in total. The molecule has 2 rings (SSSR count). The Labute approximate surface area is 80.8 Å². The van der Waals surface area contributed by atoms with E-state index in [0.717, 1.165) is 5.92 Å². The van der Waals surface area contributed by atoms with Crippen molar-refractivity contribution in [1.29, 1.82) is 0 Å². The van der Waals surface area contributed by atoms with Crippen LogP contribution in [-0.4, -0.2) is 11.2 Å². The van der Waals surface area contributed by atoms with E-state index in [0.29, 0.717) is 5.92 Å². The average molecular weight is 180 g/mol. The quantitative estimate of drug-likeness (QED) is 0.615. The van der Waals surface area contributed by atoms with E-state index in [1.165, 1.54) is 38.5 Å². The molecule has 1 nitrogen and oxygen atoms in total. The zero-order valence-corrected chi connectivity index (χ0v) is 8.50. The first kappa shape index (κ1) is 9.26. The van der Waals surface area contributed by atoms with Crippen LogP contribution in [0.15, 0.2) is 11.6 Å². The van der Waals surface area contributed by atoms with Crippen LogP contribution in [0.25, 0.3) is 0 Å². The van der Waals surface area contributed by atoms with Gasteiger partial charge in [0, 0.05) is 5.92 Å². The van der Waals surface area contributed by atoms with Gasteiger partial charge in [0.05, 0.1) is 6.10 Å². The minimum absolute atomic E-state index is 0.132. The molecule has 0 amide bonds. The van der Waals surface area contributed by atoms with E-state index in [1.807, 2.05) is 6.92 Å². The predicted molar refractivity (Wildman–Crippen MR) is 54.4 cm³/mol. The Balaban J connectivity index is 2.15. The third-order valence-corrected chi connectivity index (χ3v) is 3.69. The molecule has 2 aliphatic carbocycles. The minimum atomic E-state index is -0.132. The molecule has 0 saturated heterocycles. The number of fused-ring (bicyclic) bond motifs is 1. The molecule has 1 saturated carbocycles. The van der Waals surface area contributed by atoms with Gasteiger partial charge >= 0.3 is 0 Å². The molecule has 1 fully saturated rings. The molecule has 0 aromatic rings. The highest BCUT2D eigenvalue weighted by Gasteiger charge is 2.30. The zero-order chi connectivity index (χ0) is 9.26. The van der Waals surface area contributed by atoms with Gasteiger partial charge < -0.3 is 5.11 Å². The van der Waals surface area contributed by atoms with Crippen molar-refractivity contribution in [3.63, 3.8) is 0 Å². The Morgan fingerprint density at radius 2 is 2.08 bits per heavy atom. The van der Waals surface area contributed by atoms with Crippen molar-refractivity contribution >= 4 is 0 Å². The Hall–Kier alpha value is -0.300. The second kappa shape index (κ2) is 3.83. The lowest BCUT2D eigenvalue weighted by molar-refractivity contribution is 0.116. The summed E-state index contributed by atoms with van der Waals surface area (Å²) in [6.45, 7) is 1.95. The van der Waals surface area contributed by atoms with Gasteiger partial charge in [0.15, 0.2) is 0 Å². The topological polar surface area (TPSA) is 20.2 Å². The molecular formula is C12H20O. The lowest BCUT2D eigenvalue weighted by Gasteiger charge is -2.36. The van der Waals surface area contributed by atoms with Gasteiger partial charge in [-0.25, -0.2) is 0 Å². The molecule has 1 heteroatoms. The lowest BCUT2D eigenvalue weighted by Crippen LogP contribution is -2.28. The fourth-order valence-electron chi connectivity index (χ4n) is 3.00. The van der Waals surface area contributed by atoms with Gasteiger partial charge in [0.1, 0.15) is 0 Å². The molecule has 0 aromatic carbocycles. The summed E-state index contributed by atoms with van der Waals surface area (Å²) in [7, 11) is 0. The van der Waals surface area contributed by atoms with Crippen molar-refractivity contribution in [2.75, 3.05) is 0 Å². The number of rotatable bonds is 1. The van der Waals surface area contributed by atoms with Crippen LogP contribution < -0.4 is 0 Å². The molecule has 0 bridgehead atoms. The van der Waals surface area contributed by atoms with Gasteiger partial charge in [-0.2, -0.15) is 0 Å². The van der Waals surface area contributed by atoms with E-state index in [2.05, 4.69) is 6.08 Å². The molecule has 13 heavy (non-hydrogen) atoms. The van der Waals surface area contributed by atoms with Crippen molar-refractivity contribution in [3.05, 3.63) is 11.6 Å². The summed E-state index contributed by atoms with van der Waals surface area (Å²) in [5.74, 6) is 1.31. The van der Waals surface area contributed by atoms with Crippen LogP contribution in [0.5, 0.6) is 0 Å². The largest absolute Gasteiger partial charge is 0.393 e. The maximum atomic E-state index is 9.68. The summed E-state index contributed by atoms with van der Waals surface area (Å²) in [5, 5.41) is 9.68. The maximum Gasteiger partial charge on any atom is 0.0577 e. The summed E-state index contributed by atoms with van der Waals surface area (Å²) < 4.78 is 0. The zero-order valence-electron chi connectivity index (χ0n) is 8.50. The van der Waals surface area contributed by atoms with Gasteiger partial charge in [-0.15, -0.1) is 0 Å². The average Bonchev–Trinajstić information content (AvgIpc) is 2.17. The lowest BCUT2D eigenvalue weighted by atomic mass is 9.70. The normalized spacial score (nSPS) is 36.3. The number of hydrogen-bond acceptors (Lipinski definition) is 1. The highest BCUT2D eigenvalue weighted by molar-refractivity contribution is 5.17. The third-order valence-electron chi connectivity index (χ3n) is 3.69. The number of aliphatic hydroxyl groups excluding tert-OH is 1. The highest BCUT2D eigenvalue weighted by atomic mass is 16.3. The smallest absolute Gasteiger partial charge is 0.0577 e. The molecule has 3 unspecified atom stereocenters. The summed E-state index contributed by atoms with van der Waals surface area (Å²) in [6.07, 6.45) is 10.1. The molecule has 3 atom stereocenters. The second-order valence-electron chi connectivity index (χ2n) is 4.61. The Morgan fingerprint density at radius 1 is 1.31 bits per heavy atom. The number of aliphatic hydroxyl groups is 1. The molecule has 0 heterocycles. The molecule has 0 aromatic heterocycles. The predicted octanol–water partition coefficient (Wildman–Crippen LogP) is 2.89. The van der Waals surface area contributed by atoms with Crippen LogP contribution in [0.1, 0.15) is 45.4 Å². The van der Waals surface area contributed by atoms with E-state index in [4.69, 9.17) is 0 Å². The summed E-state index contributed by atoms with van der Waals surface area (Å²) in [6, 6.07) is 0. The first-order valence-electron chi connectivity index (χ1n) is 5.67. The minimum Gasteiger partial charge on any atom is -0.393 e.